The fourth-order valence-corrected chi connectivity index (χ4v) is 4.31. The molecule has 4 rings (SSSR count). The molecule has 0 unspecified atom stereocenters. The molecular weight excluding hydrogens is 466 g/mol. The maximum absolute atomic E-state index is 13.0. The zero-order valence-corrected chi connectivity index (χ0v) is 18.0. The highest BCUT2D eigenvalue weighted by Gasteiger charge is 2.20. The van der Waals surface area contributed by atoms with Gasteiger partial charge in [-0.25, -0.2) is 15.4 Å². The quantitative estimate of drug-likeness (QED) is 0.312. The van der Waals surface area contributed by atoms with Crippen molar-refractivity contribution in [3.8, 4) is 0 Å². The van der Waals surface area contributed by atoms with Gasteiger partial charge in [0.15, 0.2) is 0 Å². The molecule has 0 aliphatic carbocycles. The van der Waals surface area contributed by atoms with E-state index in [1.54, 1.807) is 23.8 Å². The third-order valence-electron chi connectivity index (χ3n) is 4.38. The summed E-state index contributed by atoms with van der Waals surface area (Å²) in [4.78, 5) is 25.3. The van der Waals surface area contributed by atoms with Crippen LogP contribution in [0, 0.1) is 0 Å². The van der Waals surface area contributed by atoms with Crippen molar-refractivity contribution in [1.29, 1.82) is 0 Å². The number of benzene rings is 1. The van der Waals surface area contributed by atoms with Crippen LogP contribution in [0.15, 0.2) is 54.4 Å². The van der Waals surface area contributed by atoms with Crippen molar-refractivity contribution in [1.82, 2.24) is 15.0 Å². The van der Waals surface area contributed by atoms with Crippen LogP contribution < -0.4 is 21.8 Å². The molecule has 0 radical (unpaired) electrons. The number of halogens is 1. The summed E-state index contributed by atoms with van der Waals surface area (Å²) in [7, 11) is 0. The maximum Gasteiger partial charge on any atom is 0.258 e. The van der Waals surface area contributed by atoms with Crippen molar-refractivity contribution in [2.24, 2.45) is 0 Å². The third kappa shape index (κ3) is 4.00. The van der Waals surface area contributed by atoms with Gasteiger partial charge in [0.05, 0.1) is 32.7 Å². The van der Waals surface area contributed by atoms with Gasteiger partial charge in [0.1, 0.15) is 12.1 Å². The van der Waals surface area contributed by atoms with Crippen LogP contribution in [0.3, 0.4) is 0 Å². The van der Waals surface area contributed by atoms with E-state index in [1.807, 2.05) is 24.3 Å². The van der Waals surface area contributed by atoms with Crippen LogP contribution in [-0.2, 0) is 6.54 Å². The molecule has 0 spiro atoms. The number of pyridine rings is 1. The largest absolute Gasteiger partial charge is 0.382 e. The van der Waals surface area contributed by atoms with Gasteiger partial charge < -0.3 is 16.4 Å². The minimum absolute atomic E-state index is 0.307. The topological polar surface area (TPSA) is 131 Å². The molecule has 1 amide bonds. The van der Waals surface area contributed by atoms with E-state index in [0.29, 0.717) is 44.0 Å². The van der Waals surface area contributed by atoms with Crippen LogP contribution in [-0.4, -0.2) is 25.5 Å². The van der Waals surface area contributed by atoms with Gasteiger partial charge in [0.2, 0.25) is 0 Å². The van der Waals surface area contributed by atoms with Crippen molar-refractivity contribution >= 4 is 65.2 Å². The van der Waals surface area contributed by atoms with E-state index in [4.69, 9.17) is 11.1 Å². The second kappa shape index (κ2) is 8.56. The zero-order chi connectivity index (χ0) is 21.1. The molecular formula is C20H17BrN7OS+. The van der Waals surface area contributed by atoms with E-state index in [9.17, 15) is 4.79 Å². The molecule has 8 nitrogen and oxygen atoms in total. The molecule has 0 aliphatic heterocycles. The monoisotopic (exact) mass is 482 g/mol. The predicted molar refractivity (Wildman–Crippen MR) is 123 cm³/mol. The number of fused-ring (bicyclic) bond motifs is 1. The van der Waals surface area contributed by atoms with Crippen LogP contribution in [0.2, 0.25) is 0 Å². The molecule has 0 saturated carbocycles. The normalized spacial score (nSPS) is 10.7. The Morgan fingerprint density at radius 1 is 1.20 bits per heavy atom. The number of anilines is 3. The molecule has 0 bridgehead atoms. The number of thiophene rings is 1. The lowest BCUT2D eigenvalue weighted by Crippen LogP contribution is -2.37. The predicted octanol–water partition coefficient (Wildman–Crippen LogP) is 2.43. The van der Waals surface area contributed by atoms with E-state index >= 15 is 0 Å². The van der Waals surface area contributed by atoms with Crippen LogP contribution in [0.1, 0.15) is 21.5 Å². The summed E-state index contributed by atoms with van der Waals surface area (Å²) >= 11 is 4.68. The first-order valence-electron chi connectivity index (χ1n) is 8.87. The van der Waals surface area contributed by atoms with Gasteiger partial charge in [0, 0.05) is 40.2 Å². The SMILES string of the molecule is Nc1ncnc2c(C(=O)Nc3cccc(NCc4cccnc4)c3C(=[NH2+])Br)csc12. The van der Waals surface area contributed by atoms with Crippen molar-refractivity contribution < 1.29 is 10.2 Å². The highest BCUT2D eigenvalue weighted by molar-refractivity contribution is 9.18. The number of aromatic nitrogens is 3. The molecule has 10 heteroatoms. The van der Waals surface area contributed by atoms with E-state index in [1.165, 1.54) is 17.7 Å². The van der Waals surface area contributed by atoms with Gasteiger partial charge in [-0.15, -0.1) is 11.3 Å². The first-order valence-corrected chi connectivity index (χ1v) is 10.5. The fraction of sp³-hybridized carbons (Fsp3) is 0.0500. The number of nitrogens with two attached hydrogens (primary N) is 2. The highest BCUT2D eigenvalue weighted by Crippen LogP contribution is 2.30. The standard InChI is InChI=1S/C20H16BrN7OS/c21-18(22)15-13(25-8-11-3-2-6-24-7-11)4-1-5-14(15)28-20(29)12-9-30-17-16(12)26-10-27-19(17)23/h1-7,9-10,22,25H,8H2,(H,28,29)(H2,23,26,27)/p+1. The van der Waals surface area contributed by atoms with Gasteiger partial charge in [-0.1, -0.05) is 12.1 Å². The number of amides is 1. The molecule has 3 heterocycles. The molecule has 6 N–H and O–H groups in total. The second-order valence-electron chi connectivity index (χ2n) is 6.33. The van der Waals surface area contributed by atoms with Crippen LogP contribution >= 0.6 is 27.3 Å². The van der Waals surface area contributed by atoms with E-state index in [0.717, 1.165) is 11.3 Å². The molecule has 4 aromatic rings. The minimum atomic E-state index is -0.307. The molecule has 30 heavy (non-hydrogen) atoms. The van der Waals surface area contributed by atoms with E-state index < -0.39 is 0 Å². The van der Waals surface area contributed by atoms with Crippen molar-refractivity contribution in [2.75, 3.05) is 16.4 Å². The lowest BCUT2D eigenvalue weighted by molar-refractivity contribution is -0.106. The average Bonchev–Trinajstić information content (AvgIpc) is 3.18. The number of carbonyl (C=O) groups excluding carboxylic acids is 1. The average molecular weight is 483 g/mol. The molecule has 150 valence electrons. The third-order valence-corrected chi connectivity index (χ3v) is 5.77. The number of rotatable bonds is 6. The number of hydrogen-bond acceptors (Lipinski definition) is 7. The first-order chi connectivity index (χ1) is 14.5. The van der Waals surface area contributed by atoms with Crippen molar-refractivity contribution in [3.63, 3.8) is 0 Å². The fourth-order valence-electron chi connectivity index (χ4n) is 2.98. The Kier molecular flexibility index (Phi) is 5.68. The van der Waals surface area contributed by atoms with Crippen LogP contribution in [0.25, 0.3) is 10.2 Å². The Labute approximate surface area is 184 Å². The Balaban J connectivity index is 1.62. The summed E-state index contributed by atoms with van der Waals surface area (Å²) < 4.78 is 1.08. The Morgan fingerprint density at radius 2 is 2.03 bits per heavy atom. The van der Waals surface area contributed by atoms with E-state index in [2.05, 4.69) is 41.5 Å². The number of hydrogen-bond donors (Lipinski definition) is 4. The van der Waals surface area contributed by atoms with Crippen molar-refractivity contribution in [3.05, 3.63) is 71.1 Å². The van der Waals surface area contributed by atoms with Gasteiger partial charge in [-0.2, -0.15) is 0 Å². The first kappa shape index (κ1) is 19.9. The number of nitrogen functional groups attached to an aromatic ring is 1. The molecule has 1 aromatic carbocycles. The summed E-state index contributed by atoms with van der Waals surface area (Å²) in [5.74, 6) is 0.0446. The maximum atomic E-state index is 13.0. The lowest BCUT2D eigenvalue weighted by atomic mass is 10.1. The Hall–Kier alpha value is -3.37. The van der Waals surface area contributed by atoms with Gasteiger partial charge in [-0.05, 0) is 23.8 Å². The molecule has 0 aliphatic rings. The lowest BCUT2D eigenvalue weighted by Gasteiger charge is -2.14. The summed E-state index contributed by atoms with van der Waals surface area (Å²) in [5.41, 5.74) is 9.84. The zero-order valence-electron chi connectivity index (χ0n) is 15.6. The van der Waals surface area contributed by atoms with Gasteiger partial charge in [0.25, 0.3) is 10.5 Å². The number of carbonyl (C=O) groups is 1. The summed E-state index contributed by atoms with van der Waals surface area (Å²) in [6, 6.07) is 9.37. The summed E-state index contributed by atoms with van der Waals surface area (Å²) in [6.45, 7) is 0.559. The molecule has 0 saturated heterocycles. The Morgan fingerprint density at radius 3 is 2.80 bits per heavy atom. The molecule has 0 atom stereocenters. The number of nitrogens with one attached hydrogen (secondary N) is 2. The summed E-state index contributed by atoms with van der Waals surface area (Å²) in [6.07, 6.45) is 4.86. The van der Waals surface area contributed by atoms with Crippen LogP contribution in [0.4, 0.5) is 17.2 Å². The molecule has 0 fully saturated rings. The summed E-state index contributed by atoms with van der Waals surface area (Å²) in [5, 5.41) is 14.1. The highest BCUT2D eigenvalue weighted by atomic mass is 79.9. The van der Waals surface area contributed by atoms with Gasteiger partial charge in [-0.3, -0.25) is 9.78 Å². The minimum Gasteiger partial charge on any atom is -0.382 e. The van der Waals surface area contributed by atoms with Crippen LogP contribution in [0.5, 0.6) is 0 Å². The van der Waals surface area contributed by atoms with E-state index in [-0.39, 0.29) is 5.91 Å². The number of nitrogens with zero attached hydrogens (tertiary/aromatic N) is 3. The smallest absolute Gasteiger partial charge is 0.258 e. The van der Waals surface area contributed by atoms with Crippen molar-refractivity contribution in [2.45, 2.75) is 6.54 Å². The Bertz CT molecular complexity index is 1240. The van der Waals surface area contributed by atoms with Gasteiger partial charge >= 0.3 is 0 Å². The molecule has 3 aromatic heterocycles. The second-order valence-corrected chi connectivity index (χ2v) is 8.07.